The average molecular weight is 918 g/mol. The van der Waals surface area contributed by atoms with Crippen LogP contribution in [0, 0.1) is 23.3 Å². The first-order valence-electron chi connectivity index (χ1n) is 14.4. The lowest BCUT2D eigenvalue weighted by molar-refractivity contribution is -0.182. The van der Waals surface area contributed by atoms with Gasteiger partial charge < -0.3 is 20.8 Å². The van der Waals surface area contributed by atoms with Crippen molar-refractivity contribution < 1.29 is 69.1 Å². The van der Waals surface area contributed by atoms with Gasteiger partial charge in [-0.25, -0.2) is 22.0 Å². The minimum absolute atomic E-state index is 0.0587. The van der Waals surface area contributed by atoms with E-state index < -0.39 is 64.0 Å². The molecule has 4 aromatic heterocycles. The molecule has 0 fully saturated rings. The molecule has 16 nitrogen and oxygen atoms in total. The third-order valence-electron chi connectivity index (χ3n) is 7.08. The second-order valence-electron chi connectivity index (χ2n) is 10.7. The molecule has 4 N–H and O–H groups in total. The topological polar surface area (TPSA) is 204 Å². The lowest BCUT2D eigenvalue weighted by atomic mass is 10.1. The molecule has 0 bridgehead atoms. The molecule has 0 saturated heterocycles. The van der Waals surface area contributed by atoms with Crippen LogP contribution in [0.15, 0.2) is 36.4 Å². The van der Waals surface area contributed by atoms with Crippen LogP contribution in [0.1, 0.15) is 17.3 Å². The zero-order valence-electron chi connectivity index (χ0n) is 26.9. The maximum atomic E-state index is 13.0. The van der Waals surface area contributed by atoms with Crippen LogP contribution in [0.3, 0.4) is 0 Å². The summed E-state index contributed by atoms with van der Waals surface area (Å²) in [6, 6.07) is 5.79. The van der Waals surface area contributed by atoms with Crippen molar-refractivity contribution in [1.29, 1.82) is 0 Å². The van der Waals surface area contributed by atoms with E-state index in [2.05, 4.69) is 41.2 Å². The minimum atomic E-state index is -4.97. The Balaban J connectivity index is 0.000000148. The van der Waals surface area contributed by atoms with Crippen LogP contribution in [0.25, 0.3) is 44.1 Å². The van der Waals surface area contributed by atoms with Crippen LogP contribution in [-0.4, -0.2) is 87.6 Å². The maximum Gasteiger partial charge on any atom is 0.423 e. The molecular weight excluding hydrogens is 907 g/mol. The van der Waals surface area contributed by atoms with Gasteiger partial charge in [0.2, 0.25) is 6.17 Å². The van der Waals surface area contributed by atoms with E-state index in [0.717, 1.165) is 36.4 Å². The maximum absolute atomic E-state index is 13.0. The van der Waals surface area contributed by atoms with Crippen LogP contribution < -0.4 is 0 Å². The highest BCUT2D eigenvalue weighted by atomic mass is 35.5. The van der Waals surface area contributed by atoms with Crippen LogP contribution in [-0.2, 0) is 6.18 Å². The van der Waals surface area contributed by atoms with Gasteiger partial charge in [0.15, 0.2) is 39.8 Å². The highest BCUT2D eigenvalue weighted by Crippen LogP contribution is 2.42. The number of hydrogen-bond acceptors (Lipinski definition) is 12. The fraction of sp³-hybridized carbons (Fsp3) is 0.111. The third-order valence-corrected chi connectivity index (χ3v) is 8.86. The number of fused-ring (bicyclic) bond motifs is 4. The van der Waals surface area contributed by atoms with E-state index in [9.17, 15) is 53.5 Å². The van der Waals surface area contributed by atoms with Crippen molar-refractivity contribution in [3.63, 3.8) is 0 Å². The first-order chi connectivity index (χ1) is 26.9. The Hall–Kier alpha value is -5.93. The molecule has 8 rings (SSSR count). The summed E-state index contributed by atoms with van der Waals surface area (Å²) in [5, 5.41) is 62.2. The second kappa shape index (κ2) is 16.1. The van der Waals surface area contributed by atoms with Crippen LogP contribution >= 0.6 is 46.4 Å². The normalized spacial score (nSPS) is 12.3. The Morgan fingerprint density at radius 1 is 0.517 bits per heavy atom. The van der Waals surface area contributed by atoms with Crippen molar-refractivity contribution in [3.8, 4) is 0 Å². The Morgan fingerprint density at radius 3 is 1.53 bits per heavy atom. The van der Waals surface area contributed by atoms with Gasteiger partial charge in [0, 0.05) is 0 Å². The minimum Gasteiger partial charge on any atom is -0.410 e. The van der Waals surface area contributed by atoms with Crippen molar-refractivity contribution in [3.05, 3.63) is 90.9 Å². The molecule has 0 amide bonds. The van der Waals surface area contributed by atoms with E-state index >= 15 is 0 Å². The van der Waals surface area contributed by atoms with Gasteiger partial charge in [0.25, 0.3) is 0 Å². The molecule has 308 valence electrons. The molecule has 58 heavy (non-hydrogen) atoms. The van der Waals surface area contributed by atoms with E-state index in [1.54, 1.807) is 0 Å². The van der Waals surface area contributed by atoms with Crippen molar-refractivity contribution in [2.45, 2.75) is 18.5 Å². The predicted octanol–water partition coefficient (Wildman–Crippen LogP) is 8.44. The number of benzene rings is 4. The molecule has 0 aliphatic carbocycles. The van der Waals surface area contributed by atoms with E-state index in [0.29, 0.717) is 14.5 Å². The number of halogens is 15. The quantitative estimate of drug-likeness (QED) is 0.0530. The van der Waals surface area contributed by atoms with Crippen LogP contribution in [0.2, 0.25) is 20.1 Å². The summed E-state index contributed by atoms with van der Waals surface area (Å²) in [7, 11) is 0. The van der Waals surface area contributed by atoms with Crippen LogP contribution in [0.5, 0.6) is 0 Å². The highest BCUT2D eigenvalue weighted by Gasteiger charge is 2.41. The van der Waals surface area contributed by atoms with E-state index in [4.69, 9.17) is 62.0 Å². The molecule has 1 unspecified atom stereocenters. The number of alkyl halides is 7. The largest absolute Gasteiger partial charge is 0.423 e. The third kappa shape index (κ3) is 8.36. The summed E-state index contributed by atoms with van der Waals surface area (Å²) in [6.07, 6.45) is -12.5. The Kier molecular flexibility index (Phi) is 12.0. The molecule has 31 heteroatoms. The van der Waals surface area contributed by atoms with Crippen molar-refractivity contribution in [1.82, 2.24) is 60.6 Å². The summed E-state index contributed by atoms with van der Waals surface area (Å²) < 4.78 is 137. The molecule has 4 aromatic carbocycles. The van der Waals surface area contributed by atoms with Gasteiger partial charge >= 0.3 is 12.4 Å². The van der Waals surface area contributed by atoms with Gasteiger partial charge in [0.1, 0.15) is 27.6 Å². The fourth-order valence-corrected chi connectivity index (χ4v) is 5.33. The molecule has 8 aromatic rings. The van der Waals surface area contributed by atoms with Gasteiger partial charge in [-0.05, 0) is 56.7 Å². The monoisotopic (exact) mass is 916 g/mol. The van der Waals surface area contributed by atoms with Crippen molar-refractivity contribution in [2.75, 3.05) is 0 Å². The first kappa shape index (κ1) is 43.2. The lowest BCUT2D eigenvalue weighted by Crippen LogP contribution is -2.16. The number of nitrogens with zero attached hydrogens (tertiary/aromatic N) is 12. The molecule has 0 saturated carbocycles. The molecule has 4 heterocycles. The molecule has 0 aliphatic rings. The standard InChI is InChI=1S/C8H5F4N3O.C7H4F3N3O.C6HCl4N3O.C6HF4N3O/c9-7(8(10,11)12)4-1-2-5-6(3-4)15(16)14-13-5;8-7(9,10)4-1-2-5-6(3-4)13(14)12-11-5;2*7-1-2(8)4(10)6-5(3(1)9)11-12-13(6)14/h1-3,7,16H;1-3,14H;2*14H. The second-order valence-corrected chi connectivity index (χ2v) is 12.2. The van der Waals surface area contributed by atoms with Gasteiger partial charge in [-0.2, -0.15) is 26.3 Å². The predicted molar refractivity (Wildman–Crippen MR) is 174 cm³/mol. The molecule has 1 atom stereocenters. The number of rotatable bonds is 1. The summed E-state index contributed by atoms with van der Waals surface area (Å²) in [5.74, 6) is -7.45. The van der Waals surface area contributed by atoms with Gasteiger partial charge in [0.05, 0.1) is 25.7 Å². The lowest BCUT2D eigenvalue weighted by Gasteiger charge is -2.12. The molecular formula is C27H11Cl4F11N12O4. The Bertz CT molecular complexity index is 2720. The van der Waals surface area contributed by atoms with Crippen molar-refractivity contribution >= 4 is 90.5 Å². The van der Waals surface area contributed by atoms with E-state index in [-0.39, 0.29) is 58.0 Å². The Labute approximate surface area is 329 Å². The number of hydrogen-bond donors (Lipinski definition) is 4. The van der Waals surface area contributed by atoms with Crippen LogP contribution in [0.4, 0.5) is 48.3 Å². The molecule has 0 aliphatic heterocycles. The van der Waals surface area contributed by atoms with Gasteiger partial charge in [-0.3, -0.25) is 0 Å². The summed E-state index contributed by atoms with van der Waals surface area (Å²) in [5.41, 5.74) is -2.68. The van der Waals surface area contributed by atoms with Crippen molar-refractivity contribution in [2.24, 2.45) is 0 Å². The molecule has 0 radical (unpaired) electrons. The molecule has 0 spiro atoms. The summed E-state index contributed by atoms with van der Waals surface area (Å²) in [4.78, 5) is 0.925. The van der Waals surface area contributed by atoms with E-state index in [1.165, 1.54) is 0 Å². The van der Waals surface area contributed by atoms with Gasteiger partial charge in [-0.1, -0.05) is 71.9 Å². The van der Waals surface area contributed by atoms with E-state index in [1.807, 2.05) is 0 Å². The SMILES string of the molecule is On1nnc2c(Cl)c(Cl)c(Cl)c(Cl)c21.On1nnc2c(F)c(F)c(F)c(F)c21.On1nnc2ccc(C(F)(F)F)cc21.On1nnc2ccc(C(F)C(F)(F)F)cc21. The smallest absolute Gasteiger partial charge is 0.410 e. The van der Waals surface area contributed by atoms with Gasteiger partial charge in [-0.15, -0.1) is 20.4 Å². The summed E-state index contributed by atoms with van der Waals surface area (Å²) in [6.45, 7) is 0. The zero-order chi connectivity index (χ0) is 43.2. The number of aromatic nitrogens is 12. The first-order valence-corrected chi connectivity index (χ1v) is 15.9. The highest BCUT2D eigenvalue weighted by molar-refractivity contribution is 6.54. The average Bonchev–Trinajstić information content (AvgIpc) is 3.96. The fourth-order valence-electron chi connectivity index (χ4n) is 4.38. The Morgan fingerprint density at radius 2 is 0.983 bits per heavy atom. The zero-order valence-corrected chi connectivity index (χ0v) is 29.9. The summed E-state index contributed by atoms with van der Waals surface area (Å²) >= 11 is 23.2.